The van der Waals surface area contributed by atoms with Gasteiger partial charge in [-0.15, -0.1) is 0 Å². The number of fused-ring (bicyclic) bond motifs is 1. The lowest BCUT2D eigenvalue weighted by Crippen LogP contribution is -2.14. The van der Waals surface area contributed by atoms with Crippen molar-refractivity contribution in [1.82, 2.24) is 19.9 Å². The van der Waals surface area contributed by atoms with Gasteiger partial charge in [-0.05, 0) is 32.0 Å². The van der Waals surface area contributed by atoms with Crippen LogP contribution < -0.4 is 10.1 Å². The minimum Gasteiger partial charge on any atom is -0.494 e. The highest BCUT2D eigenvalue weighted by molar-refractivity contribution is 7.22. The molecule has 0 aromatic carbocycles. The van der Waals surface area contributed by atoms with Crippen LogP contribution >= 0.6 is 22.9 Å². The van der Waals surface area contributed by atoms with Crippen molar-refractivity contribution >= 4 is 44.2 Å². The Bertz CT molecular complexity index is 1240. The summed E-state index contributed by atoms with van der Waals surface area (Å²) in [4.78, 5) is 30.0. The Hall–Kier alpha value is -3.10. The first-order valence-corrected chi connectivity index (χ1v) is 9.85. The van der Waals surface area contributed by atoms with Crippen molar-refractivity contribution in [1.29, 1.82) is 0 Å². The third-order valence-electron chi connectivity index (χ3n) is 4.26. The molecular formula is C20H16ClN5O2S. The van der Waals surface area contributed by atoms with E-state index in [1.165, 1.54) is 11.3 Å². The summed E-state index contributed by atoms with van der Waals surface area (Å²) >= 11 is 7.26. The van der Waals surface area contributed by atoms with Gasteiger partial charge >= 0.3 is 0 Å². The number of methoxy groups -OCH3 is 1. The van der Waals surface area contributed by atoms with Crippen molar-refractivity contribution in [2.45, 2.75) is 13.8 Å². The van der Waals surface area contributed by atoms with Crippen molar-refractivity contribution in [3.05, 3.63) is 58.9 Å². The number of hydrogen-bond acceptors (Lipinski definition) is 7. The quantitative estimate of drug-likeness (QED) is 0.477. The number of thiazole rings is 1. The average molecular weight is 426 g/mol. The van der Waals surface area contributed by atoms with Crippen molar-refractivity contribution in [3.63, 3.8) is 0 Å². The zero-order valence-electron chi connectivity index (χ0n) is 15.9. The number of hydrogen-bond donors (Lipinski definition) is 1. The summed E-state index contributed by atoms with van der Waals surface area (Å²) in [5.41, 5.74) is 4.17. The second-order valence-electron chi connectivity index (χ2n) is 6.35. The van der Waals surface area contributed by atoms with Crippen molar-refractivity contribution in [2.24, 2.45) is 0 Å². The van der Waals surface area contributed by atoms with Gasteiger partial charge in [-0.1, -0.05) is 22.9 Å². The van der Waals surface area contributed by atoms with E-state index < -0.39 is 0 Å². The standard InChI is InChI=1S/C20H16ClN5O2S/c1-10-4-12(13-5-11(2)23-9-16(13)28-3)14(7-22-10)19(27)26-20-25-15-8-24-18(21)6-17(15)29-20/h4-9H,1-3H3,(H,25,26,27). The second kappa shape index (κ2) is 7.73. The number of carbonyl (C=O) groups excluding carboxylic acids is 1. The number of ether oxygens (including phenoxy) is 1. The Morgan fingerprint density at radius 2 is 1.76 bits per heavy atom. The maximum atomic E-state index is 13.1. The molecule has 4 rings (SSSR count). The number of nitrogens with one attached hydrogen (secondary N) is 1. The molecule has 0 unspecified atom stereocenters. The SMILES string of the molecule is COc1cnc(C)cc1-c1cc(C)ncc1C(=O)Nc1nc2cnc(Cl)cc2s1. The fourth-order valence-corrected chi connectivity index (χ4v) is 4.00. The van der Waals surface area contributed by atoms with E-state index in [-0.39, 0.29) is 5.91 Å². The summed E-state index contributed by atoms with van der Waals surface area (Å²) in [5, 5.41) is 3.69. The summed E-state index contributed by atoms with van der Waals surface area (Å²) in [6.45, 7) is 3.76. The molecule has 4 aromatic rings. The van der Waals surface area contributed by atoms with Crippen LogP contribution in [0.4, 0.5) is 5.13 Å². The minimum atomic E-state index is -0.317. The summed E-state index contributed by atoms with van der Waals surface area (Å²) in [6.07, 6.45) is 4.78. The van der Waals surface area contributed by atoms with Gasteiger partial charge in [-0.2, -0.15) is 0 Å². The van der Waals surface area contributed by atoms with Gasteiger partial charge in [0, 0.05) is 28.7 Å². The van der Waals surface area contributed by atoms with Crippen LogP contribution in [-0.2, 0) is 0 Å². The molecular weight excluding hydrogens is 410 g/mol. The summed E-state index contributed by atoms with van der Waals surface area (Å²) < 4.78 is 6.30. The summed E-state index contributed by atoms with van der Waals surface area (Å²) in [5.74, 6) is 0.262. The Morgan fingerprint density at radius 3 is 2.52 bits per heavy atom. The normalized spacial score (nSPS) is 10.9. The van der Waals surface area contributed by atoms with Gasteiger partial charge < -0.3 is 4.74 Å². The van der Waals surface area contributed by atoms with Crippen LogP contribution in [-0.4, -0.2) is 33.0 Å². The molecule has 7 nitrogen and oxygen atoms in total. The van der Waals surface area contributed by atoms with E-state index in [1.807, 2.05) is 26.0 Å². The van der Waals surface area contributed by atoms with Crippen LogP contribution in [0, 0.1) is 13.8 Å². The zero-order valence-corrected chi connectivity index (χ0v) is 17.4. The summed E-state index contributed by atoms with van der Waals surface area (Å²) in [7, 11) is 1.57. The Balaban J connectivity index is 1.75. The van der Waals surface area contributed by atoms with Crippen LogP contribution in [0.1, 0.15) is 21.7 Å². The lowest BCUT2D eigenvalue weighted by atomic mass is 9.99. The second-order valence-corrected chi connectivity index (χ2v) is 7.76. The number of anilines is 1. The highest BCUT2D eigenvalue weighted by atomic mass is 35.5. The molecule has 0 aliphatic rings. The van der Waals surface area contributed by atoms with E-state index in [0.717, 1.165) is 21.7 Å². The van der Waals surface area contributed by atoms with Crippen LogP contribution in [0.5, 0.6) is 5.75 Å². The lowest BCUT2D eigenvalue weighted by Gasteiger charge is -2.13. The fraction of sp³-hybridized carbons (Fsp3) is 0.150. The molecule has 0 radical (unpaired) electrons. The van der Waals surface area contributed by atoms with Gasteiger partial charge in [0.25, 0.3) is 5.91 Å². The first kappa shape index (κ1) is 19.2. The van der Waals surface area contributed by atoms with Crippen LogP contribution in [0.15, 0.2) is 36.8 Å². The van der Waals surface area contributed by atoms with E-state index >= 15 is 0 Å². The Labute approximate surface area is 175 Å². The number of pyridine rings is 3. The van der Waals surface area contributed by atoms with Gasteiger partial charge in [0.2, 0.25) is 0 Å². The zero-order chi connectivity index (χ0) is 20.5. The maximum absolute atomic E-state index is 13.1. The highest BCUT2D eigenvalue weighted by Gasteiger charge is 2.19. The van der Waals surface area contributed by atoms with Crippen LogP contribution in [0.3, 0.4) is 0 Å². The monoisotopic (exact) mass is 425 g/mol. The number of halogens is 1. The Morgan fingerprint density at radius 1 is 1.03 bits per heavy atom. The molecule has 1 N–H and O–H groups in total. The van der Waals surface area contributed by atoms with Gasteiger partial charge in [0.1, 0.15) is 16.4 Å². The predicted octanol–water partition coefficient (Wildman–Crippen LogP) is 4.68. The lowest BCUT2D eigenvalue weighted by molar-refractivity contribution is 0.102. The number of aromatic nitrogens is 4. The third kappa shape index (κ3) is 3.90. The van der Waals surface area contributed by atoms with Crippen molar-refractivity contribution in [3.8, 4) is 16.9 Å². The van der Waals surface area contributed by atoms with E-state index in [4.69, 9.17) is 16.3 Å². The smallest absolute Gasteiger partial charge is 0.259 e. The van der Waals surface area contributed by atoms with E-state index in [0.29, 0.717) is 32.7 Å². The molecule has 0 fully saturated rings. The van der Waals surface area contributed by atoms with Crippen LogP contribution in [0.2, 0.25) is 5.15 Å². The molecule has 9 heteroatoms. The molecule has 29 heavy (non-hydrogen) atoms. The predicted molar refractivity (Wildman–Crippen MR) is 114 cm³/mol. The first-order valence-electron chi connectivity index (χ1n) is 8.65. The first-order chi connectivity index (χ1) is 13.9. The average Bonchev–Trinajstić information content (AvgIpc) is 3.09. The number of carbonyl (C=O) groups is 1. The molecule has 4 heterocycles. The van der Waals surface area contributed by atoms with E-state index in [9.17, 15) is 4.79 Å². The van der Waals surface area contributed by atoms with Crippen molar-refractivity contribution in [2.75, 3.05) is 12.4 Å². The highest BCUT2D eigenvalue weighted by Crippen LogP contribution is 2.33. The number of aryl methyl sites for hydroxylation is 2. The molecule has 0 bridgehead atoms. The van der Waals surface area contributed by atoms with Crippen LogP contribution in [0.25, 0.3) is 21.3 Å². The molecule has 4 aromatic heterocycles. The molecule has 0 aliphatic heterocycles. The minimum absolute atomic E-state index is 0.317. The topological polar surface area (TPSA) is 89.9 Å². The molecule has 0 aliphatic carbocycles. The third-order valence-corrected chi connectivity index (χ3v) is 5.40. The van der Waals surface area contributed by atoms with Gasteiger partial charge in [-0.25, -0.2) is 9.97 Å². The van der Waals surface area contributed by atoms with Gasteiger partial charge in [0.05, 0.1) is 29.8 Å². The van der Waals surface area contributed by atoms with Gasteiger partial charge in [0.15, 0.2) is 5.13 Å². The summed E-state index contributed by atoms with van der Waals surface area (Å²) in [6, 6.07) is 5.46. The molecule has 1 amide bonds. The molecule has 146 valence electrons. The fourth-order valence-electron chi connectivity index (χ4n) is 2.91. The molecule has 0 saturated carbocycles. The Kier molecular flexibility index (Phi) is 5.12. The van der Waals surface area contributed by atoms with E-state index in [1.54, 1.807) is 31.8 Å². The van der Waals surface area contributed by atoms with E-state index in [2.05, 4.69) is 25.3 Å². The number of amides is 1. The largest absolute Gasteiger partial charge is 0.494 e. The molecule has 0 spiro atoms. The number of nitrogens with zero attached hydrogens (tertiary/aromatic N) is 4. The number of rotatable bonds is 4. The van der Waals surface area contributed by atoms with Gasteiger partial charge in [-0.3, -0.25) is 20.1 Å². The molecule has 0 saturated heterocycles. The maximum Gasteiger partial charge on any atom is 0.259 e. The van der Waals surface area contributed by atoms with Crippen molar-refractivity contribution < 1.29 is 9.53 Å². The molecule has 0 atom stereocenters.